The minimum atomic E-state index is -1.20. The number of carboxylic acid groups (broad SMARTS) is 1. The fourth-order valence-electron chi connectivity index (χ4n) is 1.52. The van der Waals surface area contributed by atoms with Gasteiger partial charge in [0.2, 0.25) is 0 Å². The number of nitrogens with zero attached hydrogens (tertiary/aromatic N) is 1. The van der Waals surface area contributed by atoms with Crippen LogP contribution in [0.15, 0.2) is 24.3 Å². The highest BCUT2D eigenvalue weighted by atomic mass is 35.5. The van der Waals surface area contributed by atoms with E-state index in [1.165, 1.54) is 31.2 Å². The molecule has 0 saturated heterocycles. The van der Waals surface area contributed by atoms with E-state index in [1.54, 1.807) is 0 Å². The molecule has 100 valence electrons. The van der Waals surface area contributed by atoms with Crippen LogP contribution >= 0.6 is 11.6 Å². The molecule has 0 bridgehead atoms. The van der Waals surface area contributed by atoms with Crippen LogP contribution in [0.4, 0.5) is 5.69 Å². The minimum Gasteiger partial charge on any atom is -0.478 e. The molecule has 6 nitrogen and oxygen atoms in total. The molecule has 0 heterocycles. The molecule has 0 aliphatic carbocycles. The van der Waals surface area contributed by atoms with Crippen LogP contribution < -0.4 is 0 Å². The van der Waals surface area contributed by atoms with Crippen molar-refractivity contribution in [1.82, 2.24) is 0 Å². The number of alkyl halides is 1. The number of nitro benzene ring substituents is 1. The lowest BCUT2D eigenvalue weighted by molar-refractivity contribution is -0.385. The number of aliphatic carboxylic acids is 1. The second-order valence-electron chi connectivity index (χ2n) is 3.68. The first-order valence-corrected chi connectivity index (χ1v) is 5.61. The molecule has 1 aromatic carbocycles. The second kappa shape index (κ2) is 6.10. The molecule has 7 heteroatoms. The Kier molecular flexibility index (Phi) is 4.77. The molecule has 1 N–H and O–H groups in total. The lowest BCUT2D eigenvalue weighted by Crippen LogP contribution is -2.07. The standard InChI is InChI=1S/C12H10ClNO5/c1-7(15)12(13)11-8(5-6-10(16)17)3-2-4-9(11)14(18)19/h2-6,12H,1H3,(H,16,17). The quantitative estimate of drug-likeness (QED) is 0.387. The van der Waals surface area contributed by atoms with Gasteiger partial charge < -0.3 is 5.11 Å². The third-order valence-corrected chi connectivity index (χ3v) is 2.85. The number of Topliss-reactive ketones (excluding diaryl/α,β-unsaturated/α-hetero) is 1. The molecule has 1 unspecified atom stereocenters. The van der Waals surface area contributed by atoms with Crippen LogP contribution in [0.25, 0.3) is 6.08 Å². The highest BCUT2D eigenvalue weighted by Gasteiger charge is 2.26. The van der Waals surface area contributed by atoms with E-state index < -0.39 is 22.1 Å². The van der Waals surface area contributed by atoms with E-state index in [4.69, 9.17) is 16.7 Å². The van der Waals surface area contributed by atoms with Gasteiger partial charge in [0, 0.05) is 12.1 Å². The maximum absolute atomic E-state index is 11.3. The third kappa shape index (κ3) is 3.62. The van der Waals surface area contributed by atoms with Crippen molar-refractivity contribution in [2.24, 2.45) is 0 Å². The Bertz CT molecular complexity index is 567. The van der Waals surface area contributed by atoms with E-state index in [1.807, 2.05) is 0 Å². The highest BCUT2D eigenvalue weighted by molar-refractivity contribution is 6.31. The smallest absolute Gasteiger partial charge is 0.328 e. The van der Waals surface area contributed by atoms with E-state index in [2.05, 4.69) is 0 Å². The Labute approximate surface area is 113 Å². The minimum absolute atomic E-state index is 0.000772. The van der Waals surface area contributed by atoms with Crippen LogP contribution in [-0.4, -0.2) is 21.8 Å². The number of nitro groups is 1. The Balaban J connectivity index is 3.46. The molecule has 0 aromatic heterocycles. The maximum atomic E-state index is 11.3. The van der Waals surface area contributed by atoms with Crippen molar-refractivity contribution >= 4 is 35.1 Å². The number of carbonyl (C=O) groups excluding carboxylic acids is 1. The fraction of sp³-hybridized carbons (Fsp3) is 0.167. The first-order valence-electron chi connectivity index (χ1n) is 5.17. The van der Waals surface area contributed by atoms with Crippen LogP contribution in [0.5, 0.6) is 0 Å². The zero-order chi connectivity index (χ0) is 14.6. The average Bonchev–Trinajstić information content (AvgIpc) is 2.34. The topological polar surface area (TPSA) is 97.5 Å². The predicted molar refractivity (Wildman–Crippen MR) is 69.0 cm³/mol. The summed E-state index contributed by atoms with van der Waals surface area (Å²) in [5.41, 5.74) is -0.0892. The molecule has 0 fully saturated rings. The number of rotatable bonds is 5. The lowest BCUT2D eigenvalue weighted by Gasteiger charge is -2.10. The summed E-state index contributed by atoms with van der Waals surface area (Å²) >= 11 is 5.88. The molecular weight excluding hydrogens is 274 g/mol. The van der Waals surface area contributed by atoms with Crippen LogP contribution in [-0.2, 0) is 9.59 Å². The Morgan fingerprint density at radius 3 is 2.58 bits per heavy atom. The maximum Gasteiger partial charge on any atom is 0.328 e. The first kappa shape index (κ1) is 14.8. The van der Waals surface area contributed by atoms with Crippen LogP contribution in [0.1, 0.15) is 23.4 Å². The molecule has 0 radical (unpaired) electrons. The van der Waals surface area contributed by atoms with Gasteiger partial charge >= 0.3 is 5.97 Å². The zero-order valence-electron chi connectivity index (χ0n) is 9.87. The summed E-state index contributed by atoms with van der Waals surface area (Å²) < 4.78 is 0. The summed E-state index contributed by atoms with van der Waals surface area (Å²) in [6.07, 6.45) is 2.00. The van der Waals surface area contributed by atoms with Crippen LogP contribution in [0.3, 0.4) is 0 Å². The molecule has 1 atom stereocenters. The number of carbonyl (C=O) groups is 2. The van der Waals surface area contributed by atoms with Gasteiger partial charge in [-0.1, -0.05) is 12.1 Å². The van der Waals surface area contributed by atoms with Crippen LogP contribution in [0.2, 0.25) is 0 Å². The van der Waals surface area contributed by atoms with Crippen molar-refractivity contribution in [2.45, 2.75) is 12.3 Å². The number of carboxylic acids is 1. The molecular formula is C12H10ClNO5. The van der Waals surface area contributed by atoms with Crippen LogP contribution in [0, 0.1) is 10.1 Å². The van der Waals surface area contributed by atoms with Gasteiger partial charge in [-0.3, -0.25) is 14.9 Å². The largest absolute Gasteiger partial charge is 0.478 e. The van der Waals surface area contributed by atoms with Crippen molar-refractivity contribution in [1.29, 1.82) is 0 Å². The highest BCUT2D eigenvalue weighted by Crippen LogP contribution is 2.34. The van der Waals surface area contributed by atoms with Gasteiger partial charge in [0.15, 0.2) is 5.78 Å². The van der Waals surface area contributed by atoms with Crippen molar-refractivity contribution < 1.29 is 19.6 Å². The van der Waals surface area contributed by atoms with E-state index in [-0.39, 0.29) is 16.8 Å². The molecule has 0 aliphatic rings. The average molecular weight is 284 g/mol. The summed E-state index contributed by atoms with van der Waals surface area (Å²) in [4.78, 5) is 32.1. The summed E-state index contributed by atoms with van der Waals surface area (Å²) in [5, 5.41) is 18.3. The van der Waals surface area contributed by atoms with Crippen molar-refractivity contribution in [3.63, 3.8) is 0 Å². The van der Waals surface area contributed by atoms with Gasteiger partial charge in [0.25, 0.3) is 5.69 Å². The van der Waals surface area contributed by atoms with E-state index in [0.29, 0.717) is 0 Å². The monoisotopic (exact) mass is 283 g/mol. The number of hydrogen-bond acceptors (Lipinski definition) is 4. The van der Waals surface area contributed by atoms with E-state index in [9.17, 15) is 19.7 Å². The molecule has 0 amide bonds. The molecule has 0 saturated carbocycles. The molecule has 0 spiro atoms. The van der Waals surface area contributed by atoms with E-state index in [0.717, 1.165) is 6.08 Å². The summed E-state index contributed by atoms with van der Waals surface area (Å²) in [6, 6.07) is 4.07. The number of halogens is 1. The Morgan fingerprint density at radius 2 is 2.11 bits per heavy atom. The summed E-state index contributed by atoms with van der Waals surface area (Å²) in [7, 11) is 0. The van der Waals surface area contributed by atoms with Gasteiger partial charge in [0.1, 0.15) is 5.38 Å². The third-order valence-electron chi connectivity index (χ3n) is 2.33. The zero-order valence-corrected chi connectivity index (χ0v) is 10.6. The van der Waals surface area contributed by atoms with Crippen molar-refractivity contribution in [3.8, 4) is 0 Å². The Morgan fingerprint density at radius 1 is 1.47 bits per heavy atom. The summed E-state index contributed by atoms with van der Waals surface area (Å²) in [6.45, 7) is 1.21. The SMILES string of the molecule is CC(=O)C(Cl)c1c(C=CC(=O)O)cccc1[N+](=O)[O-]. The van der Waals surface area contributed by atoms with Gasteiger partial charge in [0.05, 0.1) is 10.5 Å². The molecule has 1 rings (SSSR count). The second-order valence-corrected chi connectivity index (χ2v) is 4.12. The fourth-order valence-corrected chi connectivity index (χ4v) is 1.75. The number of benzene rings is 1. The van der Waals surface area contributed by atoms with Crippen molar-refractivity contribution in [2.75, 3.05) is 0 Å². The van der Waals surface area contributed by atoms with Crippen molar-refractivity contribution in [3.05, 3.63) is 45.5 Å². The predicted octanol–water partition coefficient (Wildman–Crippen LogP) is 2.56. The van der Waals surface area contributed by atoms with E-state index >= 15 is 0 Å². The van der Waals surface area contributed by atoms with Gasteiger partial charge in [-0.25, -0.2) is 4.79 Å². The first-order chi connectivity index (χ1) is 8.84. The Hall–Kier alpha value is -2.21. The molecule has 0 aliphatic heterocycles. The number of ketones is 1. The molecule has 1 aromatic rings. The summed E-state index contributed by atoms with van der Waals surface area (Å²) in [5.74, 6) is -1.66. The van der Waals surface area contributed by atoms with Gasteiger partial charge in [-0.15, -0.1) is 11.6 Å². The normalized spacial score (nSPS) is 12.3. The van der Waals surface area contributed by atoms with Gasteiger partial charge in [-0.05, 0) is 18.6 Å². The number of hydrogen-bond donors (Lipinski definition) is 1. The lowest BCUT2D eigenvalue weighted by atomic mass is 9.99. The van der Waals surface area contributed by atoms with Gasteiger partial charge in [-0.2, -0.15) is 0 Å². The molecule has 19 heavy (non-hydrogen) atoms.